The molecule has 0 spiro atoms. The average molecular weight is 205 g/mol. The summed E-state index contributed by atoms with van der Waals surface area (Å²) in [4.78, 5) is 10.9. The van der Waals surface area contributed by atoms with Crippen molar-refractivity contribution in [1.29, 1.82) is 0 Å². The topological polar surface area (TPSA) is 76.5 Å². The molecule has 4 heteroatoms. The lowest BCUT2D eigenvalue weighted by molar-refractivity contribution is 0.268. The molecule has 1 aromatic heterocycles. The number of benzene rings is 1. The number of aliphatic hydroxyl groups is 1. The Morgan fingerprint density at radius 2 is 2.13 bits per heavy atom. The van der Waals surface area contributed by atoms with E-state index in [2.05, 4.69) is 0 Å². The highest BCUT2D eigenvalue weighted by Crippen LogP contribution is 2.17. The third-order valence-electron chi connectivity index (χ3n) is 2.27. The number of hydrogen-bond donors (Lipinski definition) is 2. The van der Waals surface area contributed by atoms with E-state index >= 15 is 0 Å². The molecule has 4 nitrogen and oxygen atoms in total. The van der Waals surface area contributed by atoms with E-state index in [1.165, 1.54) is 6.07 Å². The van der Waals surface area contributed by atoms with Gasteiger partial charge in [-0.2, -0.15) is 0 Å². The maximum Gasteiger partial charge on any atom is 0.336 e. The Morgan fingerprint density at radius 1 is 1.33 bits per heavy atom. The van der Waals surface area contributed by atoms with Gasteiger partial charge in [-0.3, -0.25) is 0 Å². The molecule has 0 radical (unpaired) electrons. The molecule has 0 saturated carbocycles. The molecule has 1 aromatic carbocycles. The number of hydrogen-bond acceptors (Lipinski definition) is 4. The van der Waals surface area contributed by atoms with E-state index in [0.717, 1.165) is 10.9 Å². The van der Waals surface area contributed by atoms with Gasteiger partial charge in [0.1, 0.15) is 5.58 Å². The zero-order valence-electron chi connectivity index (χ0n) is 8.01. The quantitative estimate of drug-likeness (QED) is 0.710. The summed E-state index contributed by atoms with van der Waals surface area (Å²) in [6.45, 7) is -0.109. The molecular formula is C11H11NO3. The van der Waals surface area contributed by atoms with Crippen molar-refractivity contribution in [2.45, 2.75) is 6.04 Å². The van der Waals surface area contributed by atoms with Gasteiger partial charge in [-0.1, -0.05) is 6.07 Å². The Labute approximate surface area is 85.9 Å². The summed E-state index contributed by atoms with van der Waals surface area (Å²) in [5.74, 6) is 0. The Bertz CT molecular complexity index is 533. The number of nitrogens with two attached hydrogens (primary N) is 1. The fraction of sp³-hybridized carbons (Fsp3) is 0.182. The summed E-state index contributed by atoms with van der Waals surface area (Å²) < 4.78 is 4.97. The summed E-state index contributed by atoms with van der Waals surface area (Å²) in [6, 6.07) is 7.86. The molecule has 0 aliphatic rings. The fourth-order valence-electron chi connectivity index (χ4n) is 1.43. The predicted molar refractivity (Wildman–Crippen MR) is 56.5 cm³/mol. The van der Waals surface area contributed by atoms with Crippen molar-refractivity contribution in [3.63, 3.8) is 0 Å². The van der Waals surface area contributed by atoms with Crippen LogP contribution in [0.4, 0.5) is 0 Å². The van der Waals surface area contributed by atoms with E-state index in [1.54, 1.807) is 24.3 Å². The van der Waals surface area contributed by atoms with Gasteiger partial charge in [-0.05, 0) is 23.8 Å². The van der Waals surface area contributed by atoms with Gasteiger partial charge < -0.3 is 15.3 Å². The Morgan fingerprint density at radius 3 is 2.87 bits per heavy atom. The second-order valence-corrected chi connectivity index (χ2v) is 3.34. The summed E-state index contributed by atoms with van der Waals surface area (Å²) in [5.41, 5.74) is 6.64. The maximum atomic E-state index is 10.9. The first-order valence-corrected chi connectivity index (χ1v) is 4.61. The Kier molecular flexibility index (Phi) is 2.53. The van der Waals surface area contributed by atoms with Crippen LogP contribution in [0.15, 0.2) is 39.5 Å². The highest BCUT2D eigenvalue weighted by Gasteiger charge is 2.05. The van der Waals surface area contributed by atoms with Crippen molar-refractivity contribution >= 4 is 11.0 Å². The minimum absolute atomic E-state index is 0.109. The summed E-state index contributed by atoms with van der Waals surface area (Å²) in [7, 11) is 0. The highest BCUT2D eigenvalue weighted by molar-refractivity contribution is 5.77. The number of rotatable bonds is 2. The van der Waals surface area contributed by atoms with Gasteiger partial charge in [0.05, 0.1) is 12.6 Å². The van der Waals surface area contributed by atoms with Crippen LogP contribution in [0.1, 0.15) is 11.6 Å². The molecule has 2 rings (SSSR count). The standard InChI is InChI=1S/C11H11NO3/c12-9(6-13)7-1-3-10-8(5-7)2-4-11(14)15-10/h1-5,9,13H,6,12H2/t9-/m1/s1. The molecule has 78 valence electrons. The molecule has 0 saturated heterocycles. The third kappa shape index (κ3) is 1.91. The molecule has 15 heavy (non-hydrogen) atoms. The van der Waals surface area contributed by atoms with E-state index in [-0.39, 0.29) is 12.2 Å². The zero-order chi connectivity index (χ0) is 10.8. The number of fused-ring (bicyclic) bond motifs is 1. The largest absolute Gasteiger partial charge is 0.423 e. The van der Waals surface area contributed by atoms with E-state index in [0.29, 0.717) is 5.58 Å². The molecule has 2 aromatic rings. The van der Waals surface area contributed by atoms with Gasteiger partial charge in [0, 0.05) is 11.5 Å². The predicted octanol–water partition coefficient (Wildman–Crippen LogP) is 0.785. The van der Waals surface area contributed by atoms with Crippen molar-refractivity contribution < 1.29 is 9.52 Å². The van der Waals surface area contributed by atoms with Gasteiger partial charge in [-0.25, -0.2) is 4.79 Å². The second kappa shape index (κ2) is 3.84. The first kappa shape index (κ1) is 9.89. The molecule has 0 fully saturated rings. The third-order valence-corrected chi connectivity index (χ3v) is 2.27. The first-order valence-electron chi connectivity index (χ1n) is 4.61. The smallest absolute Gasteiger partial charge is 0.336 e. The van der Waals surface area contributed by atoms with Crippen molar-refractivity contribution in [3.05, 3.63) is 46.3 Å². The SMILES string of the molecule is N[C@H](CO)c1ccc2oc(=O)ccc2c1. The van der Waals surface area contributed by atoms with E-state index in [9.17, 15) is 4.79 Å². The lowest BCUT2D eigenvalue weighted by atomic mass is 10.1. The van der Waals surface area contributed by atoms with Gasteiger partial charge in [0.25, 0.3) is 0 Å². The van der Waals surface area contributed by atoms with Crippen LogP contribution in [0.3, 0.4) is 0 Å². The van der Waals surface area contributed by atoms with Crippen molar-refractivity contribution in [2.75, 3.05) is 6.61 Å². The lowest BCUT2D eigenvalue weighted by Gasteiger charge is -2.08. The van der Waals surface area contributed by atoms with Crippen LogP contribution in [-0.4, -0.2) is 11.7 Å². The van der Waals surface area contributed by atoms with Crippen LogP contribution in [0, 0.1) is 0 Å². The van der Waals surface area contributed by atoms with E-state index < -0.39 is 6.04 Å². The van der Waals surface area contributed by atoms with Crippen LogP contribution in [0.2, 0.25) is 0 Å². The minimum Gasteiger partial charge on any atom is -0.423 e. The lowest BCUT2D eigenvalue weighted by Crippen LogP contribution is -2.14. The molecular weight excluding hydrogens is 194 g/mol. The zero-order valence-corrected chi connectivity index (χ0v) is 8.01. The normalized spacial score (nSPS) is 12.9. The average Bonchev–Trinajstić information content (AvgIpc) is 2.27. The van der Waals surface area contributed by atoms with Crippen LogP contribution >= 0.6 is 0 Å². The van der Waals surface area contributed by atoms with Gasteiger partial charge in [-0.15, -0.1) is 0 Å². The van der Waals surface area contributed by atoms with Crippen molar-refractivity contribution in [2.24, 2.45) is 5.73 Å². The van der Waals surface area contributed by atoms with Crippen LogP contribution in [-0.2, 0) is 0 Å². The molecule has 3 N–H and O–H groups in total. The molecule has 0 bridgehead atoms. The van der Waals surface area contributed by atoms with Crippen molar-refractivity contribution in [1.82, 2.24) is 0 Å². The van der Waals surface area contributed by atoms with Gasteiger partial charge in [0.15, 0.2) is 0 Å². The molecule has 0 aliphatic carbocycles. The Hall–Kier alpha value is -1.65. The molecule has 0 amide bonds. The van der Waals surface area contributed by atoms with Crippen LogP contribution in [0.25, 0.3) is 11.0 Å². The summed E-state index contributed by atoms with van der Waals surface area (Å²) >= 11 is 0. The minimum atomic E-state index is -0.402. The van der Waals surface area contributed by atoms with Gasteiger partial charge >= 0.3 is 5.63 Å². The molecule has 0 unspecified atom stereocenters. The van der Waals surface area contributed by atoms with E-state index in [1.807, 2.05) is 0 Å². The fourth-order valence-corrected chi connectivity index (χ4v) is 1.43. The summed E-state index contributed by atoms with van der Waals surface area (Å²) in [5, 5.41) is 9.71. The van der Waals surface area contributed by atoms with Crippen LogP contribution in [0.5, 0.6) is 0 Å². The van der Waals surface area contributed by atoms with Gasteiger partial charge in [0.2, 0.25) is 0 Å². The molecule has 1 atom stereocenters. The number of aliphatic hydroxyl groups excluding tert-OH is 1. The molecule has 1 heterocycles. The highest BCUT2D eigenvalue weighted by atomic mass is 16.4. The van der Waals surface area contributed by atoms with Crippen molar-refractivity contribution in [3.8, 4) is 0 Å². The second-order valence-electron chi connectivity index (χ2n) is 3.34. The monoisotopic (exact) mass is 205 g/mol. The summed E-state index contributed by atoms with van der Waals surface area (Å²) in [6.07, 6.45) is 0. The van der Waals surface area contributed by atoms with Crippen LogP contribution < -0.4 is 11.4 Å². The first-order chi connectivity index (χ1) is 7.20. The van der Waals surface area contributed by atoms with E-state index in [4.69, 9.17) is 15.3 Å². The Balaban J connectivity index is 2.57. The maximum absolute atomic E-state index is 10.9. The molecule has 0 aliphatic heterocycles.